The molecule has 0 bridgehead atoms. The minimum absolute atomic E-state index is 0.0253. The van der Waals surface area contributed by atoms with Gasteiger partial charge in [-0.2, -0.15) is 0 Å². The number of aryl methyl sites for hydroxylation is 1. The Morgan fingerprint density at radius 1 is 1.04 bits per heavy atom. The number of hydrogen-bond donors (Lipinski definition) is 2. The summed E-state index contributed by atoms with van der Waals surface area (Å²) in [6.45, 7) is 1.85. The van der Waals surface area contributed by atoms with Crippen LogP contribution in [0, 0.1) is 6.92 Å². The van der Waals surface area contributed by atoms with E-state index in [-0.39, 0.29) is 4.90 Å². The number of nitrogens with zero attached hydrogens (tertiary/aromatic N) is 1. The van der Waals surface area contributed by atoms with E-state index in [9.17, 15) is 13.2 Å². The number of urea groups is 1. The van der Waals surface area contributed by atoms with Gasteiger partial charge >= 0.3 is 6.03 Å². The van der Waals surface area contributed by atoms with Crippen LogP contribution in [-0.4, -0.2) is 19.4 Å². The lowest BCUT2D eigenvalue weighted by Crippen LogP contribution is -2.34. The van der Waals surface area contributed by atoms with E-state index >= 15 is 0 Å². The fourth-order valence-electron chi connectivity index (χ4n) is 2.09. The molecule has 0 saturated carbocycles. The van der Waals surface area contributed by atoms with E-state index in [4.69, 9.17) is 0 Å². The van der Waals surface area contributed by atoms with Crippen LogP contribution < -0.4 is 10.0 Å². The van der Waals surface area contributed by atoms with Crippen LogP contribution in [0.25, 0.3) is 11.3 Å². The number of anilines is 1. The highest BCUT2D eigenvalue weighted by Gasteiger charge is 2.18. The minimum atomic E-state index is -3.93. The van der Waals surface area contributed by atoms with Gasteiger partial charge < -0.3 is 0 Å². The van der Waals surface area contributed by atoms with Crippen molar-refractivity contribution in [2.45, 2.75) is 11.8 Å². The molecule has 8 heteroatoms. The SMILES string of the molecule is Cc1ccc(S(=O)(=O)NC(=O)Nc2nc(-c3ccccc3)cs2)cc1. The van der Waals surface area contributed by atoms with Gasteiger partial charge in [0.1, 0.15) is 0 Å². The van der Waals surface area contributed by atoms with Gasteiger partial charge in [0.05, 0.1) is 10.6 Å². The second-order valence-electron chi connectivity index (χ2n) is 5.28. The highest BCUT2D eigenvalue weighted by molar-refractivity contribution is 7.90. The van der Waals surface area contributed by atoms with Crippen molar-refractivity contribution in [1.29, 1.82) is 0 Å². The van der Waals surface area contributed by atoms with Crippen LogP contribution in [0.15, 0.2) is 64.9 Å². The van der Waals surface area contributed by atoms with Gasteiger partial charge in [0.25, 0.3) is 10.0 Å². The standard InChI is InChI=1S/C17H15N3O3S2/c1-12-7-9-14(10-8-12)25(22,23)20-16(21)19-17-18-15(11-24-17)13-5-3-2-4-6-13/h2-11H,1H3,(H2,18,19,20,21). The Hall–Kier alpha value is -2.71. The zero-order chi connectivity index (χ0) is 17.9. The summed E-state index contributed by atoms with van der Waals surface area (Å²) in [5, 5.41) is 4.55. The number of carbonyl (C=O) groups is 1. The van der Waals surface area contributed by atoms with Crippen LogP contribution in [0.1, 0.15) is 5.56 Å². The zero-order valence-electron chi connectivity index (χ0n) is 13.3. The van der Waals surface area contributed by atoms with Gasteiger partial charge in [-0.15, -0.1) is 11.3 Å². The van der Waals surface area contributed by atoms with Gasteiger partial charge in [0.15, 0.2) is 5.13 Å². The molecule has 0 aliphatic rings. The Morgan fingerprint density at radius 3 is 2.40 bits per heavy atom. The third-order valence-corrected chi connectivity index (χ3v) is 5.46. The summed E-state index contributed by atoms with van der Waals surface area (Å²) in [6, 6.07) is 14.9. The molecule has 0 fully saturated rings. The van der Waals surface area contributed by atoms with E-state index in [1.807, 2.05) is 42.0 Å². The van der Waals surface area contributed by atoms with Crippen molar-refractivity contribution < 1.29 is 13.2 Å². The van der Waals surface area contributed by atoms with Crippen molar-refractivity contribution in [2.75, 3.05) is 5.32 Å². The van der Waals surface area contributed by atoms with Gasteiger partial charge in [0.2, 0.25) is 0 Å². The molecule has 3 rings (SSSR count). The predicted octanol–water partition coefficient (Wildman–Crippen LogP) is 3.63. The second-order valence-corrected chi connectivity index (χ2v) is 7.82. The van der Waals surface area contributed by atoms with Crippen molar-refractivity contribution in [3.8, 4) is 11.3 Å². The van der Waals surface area contributed by atoms with Crippen LogP contribution in [0.5, 0.6) is 0 Å². The number of aromatic nitrogens is 1. The molecule has 25 heavy (non-hydrogen) atoms. The van der Waals surface area contributed by atoms with Crippen LogP contribution in [0.4, 0.5) is 9.93 Å². The van der Waals surface area contributed by atoms with Gasteiger partial charge in [0, 0.05) is 10.9 Å². The van der Waals surface area contributed by atoms with Gasteiger partial charge in [-0.1, -0.05) is 48.0 Å². The lowest BCUT2D eigenvalue weighted by molar-refractivity contribution is 0.256. The molecule has 6 nitrogen and oxygen atoms in total. The predicted molar refractivity (Wildman–Crippen MR) is 98.1 cm³/mol. The molecule has 0 unspecified atom stereocenters. The molecule has 0 aliphatic heterocycles. The quantitative estimate of drug-likeness (QED) is 0.731. The number of hydrogen-bond acceptors (Lipinski definition) is 5. The van der Waals surface area contributed by atoms with Crippen LogP contribution >= 0.6 is 11.3 Å². The Balaban J connectivity index is 1.69. The molecule has 0 radical (unpaired) electrons. The summed E-state index contributed by atoms with van der Waals surface area (Å²) in [5.74, 6) is 0. The van der Waals surface area contributed by atoms with E-state index < -0.39 is 16.1 Å². The van der Waals surface area contributed by atoms with Gasteiger partial charge in [-0.25, -0.2) is 22.9 Å². The largest absolute Gasteiger partial charge is 0.334 e. The zero-order valence-corrected chi connectivity index (χ0v) is 14.9. The molecule has 2 N–H and O–H groups in total. The number of thiazole rings is 1. The van der Waals surface area contributed by atoms with E-state index in [0.717, 1.165) is 11.1 Å². The van der Waals surface area contributed by atoms with Crippen molar-refractivity contribution >= 4 is 32.5 Å². The smallest absolute Gasteiger partial charge is 0.283 e. The van der Waals surface area contributed by atoms with E-state index in [1.54, 1.807) is 17.5 Å². The monoisotopic (exact) mass is 373 g/mol. The van der Waals surface area contributed by atoms with Crippen LogP contribution in [0.3, 0.4) is 0 Å². The van der Waals surface area contributed by atoms with E-state index in [1.165, 1.54) is 23.5 Å². The Kier molecular flexibility index (Phi) is 4.82. The summed E-state index contributed by atoms with van der Waals surface area (Å²) < 4.78 is 26.3. The number of amides is 2. The molecule has 0 spiro atoms. The first-order chi connectivity index (χ1) is 11.9. The summed E-state index contributed by atoms with van der Waals surface area (Å²) in [6.07, 6.45) is 0. The average molecular weight is 373 g/mol. The first-order valence-corrected chi connectivity index (χ1v) is 9.72. The Bertz CT molecular complexity index is 981. The lowest BCUT2D eigenvalue weighted by Gasteiger charge is -2.07. The minimum Gasteiger partial charge on any atom is -0.283 e. The molecule has 2 aromatic carbocycles. The number of sulfonamides is 1. The number of nitrogens with one attached hydrogen (secondary N) is 2. The fourth-order valence-corrected chi connectivity index (χ4v) is 3.72. The van der Waals surface area contributed by atoms with Gasteiger partial charge in [-0.3, -0.25) is 5.32 Å². The summed E-state index contributed by atoms with van der Waals surface area (Å²) >= 11 is 1.22. The second kappa shape index (κ2) is 7.04. The number of carbonyl (C=O) groups excluding carboxylic acids is 1. The fraction of sp³-hybridized carbons (Fsp3) is 0.0588. The molecule has 0 aliphatic carbocycles. The third kappa shape index (κ3) is 4.23. The first-order valence-electron chi connectivity index (χ1n) is 7.35. The molecule has 1 heterocycles. The topological polar surface area (TPSA) is 88.2 Å². The normalized spacial score (nSPS) is 11.1. The Morgan fingerprint density at radius 2 is 1.72 bits per heavy atom. The molecular weight excluding hydrogens is 358 g/mol. The van der Waals surface area contributed by atoms with Crippen LogP contribution in [-0.2, 0) is 10.0 Å². The maximum Gasteiger partial charge on any atom is 0.334 e. The maximum atomic E-state index is 12.2. The average Bonchev–Trinajstić information content (AvgIpc) is 3.04. The van der Waals surface area contributed by atoms with Crippen LogP contribution in [0.2, 0.25) is 0 Å². The first kappa shape index (κ1) is 17.1. The highest BCUT2D eigenvalue weighted by Crippen LogP contribution is 2.24. The third-order valence-electron chi connectivity index (χ3n) is 3.35. The molecule has 1 aromatic heterocycles. The molecule has 0 saturated heterocycles. The van der Waals surface area contributed by atoms with E-state index in [0.29, 0.717) is 10.8 Å². The van der Waals surface area contributed by atoms with Crippen molar-refractivity contribution in [3.05, 3.63) is 65.5 Å². The molecule has 2 amide bonds. The molecular formula is C17H15N3O3S2. The Labute approximate surface area is 149 Å². The number of benzene rings is 2. The highest BCUT2D eigenvalue weighted by atomic mass is 32.2. The maximum absolute atomic E-state index is 12.2. The summed E-state index contributed by atoms with van der Waals surface area (Å²) in [5.41, 5.74) is 2.56. The van der Waals surface area contributed by atoms with Gasteiger partial charge in [-0.05, 0) is 19.1 Å². The summed E-state index contributed by atoms with van der Waals surface area (Å²) in [4.78, 5) is 16.3. The number of rotatable bonds is 4. The molecule has 128 valence electrons. The molecule has 3 aromatic rings. The summed E-state index contributed by atoms with van der Waals surface area (Å²) in [7, 11) is -3.93. The van der Waals surface area contributed by atoms with Crippen molar-refractivity contribution in [3.63, 3.8) is 0 Å². The molecule has 0 atom stereocenters. The van der Waals surface area contributed by atoms with E-state index in [2.05, 4.69) is 10.3 Å². The van der Waals surface area contributed by atoms with Crippen molar-refractivity contribution in [1.82, 2.24) is 9.71 Å². The van der Waals surface area contributed by atoms with Crippen molar-refractivity contribution in [2.24, 2.45) is 0 Å². The lowest BCUT2D eigenvalue weighted by atomic mass is 10.2.